The third-order valence-electron chi connectivity index (χ3n) is 2.66. The number of carbonyl (C=O) groups excluding carboxylic acids is 1. The van der Waals surface area contributed by atoms with Crippen molar-refractivity contribution in [2.75, 3.05) is 6.61 Å². The van der Waals surface area contributed by atoms with E-state index in [4.69, 9.17) is 9.84 Å². The second-order valence-corrected chi connectivity index (χ2v) is 3.96. The molecule has 6 nitrogen and oxygen atoms in total. The molecule has 0 aromatic rings. The van der Waals surface area contributed by atoms with E-state index < -0.39 is 42.4 Å². The Kier molecular flexibility index (Phi) is 3.47. The molecule has 0 aromatic carbocycles. The maximum atomic E-state index is 11.2. The number of carbonyl (C=O) groups is 1. The summed E-state index contributed by atoms with van der Waals surface area (Å²) in [4.78, 5) is 11.2. The number of ketones is 1. The Morgan fingerprint density at radius 3 is 2.33 bits per heavy atom. The van der Waals surface area contributed by atoms with Crippen LogP contribution in [0.25, 0.3) is 0 Å². The predicted molar refractivity (Wildman–Crippen MR) is 48.8 cm³/mol. The van der Waals surface area contributed by atoms with E-state index in [-0.39, 0.29) is 0 Å². The van der Waals surface area contributed by atoms with Crippen LogP contribution in [0.5, 0.6) is 0 Å². The Labute approximate surface area is 87.1 Å². The first-order valence-electron chi connectivity index (χ1n) is 4.69. The number of hydrogen-bond donors (Lipinski definition) is 4. The lowest BCUT2D eigenvalue weighted by atomic mass is 9.82. The van der Waals surface area contributed by atoms with Gasteiger partial charge in [-0.15, -0.1) is 0 Å². The van der Waals surface area contributed by atoms with E-state index in [2.05, 4.69) is 0 Å². The molecular formula is C9H16O6. The number of hydrogen-bond acceptors (Lipinski definition) is 6. The molecular weight excluding hydrogens is 204 g/mol. The number of ether oxygens (including phenoxy) is 1. The zero-order valence-electron chi connectivity index (χ0n) is 8.62. The molecule has 0 bridgehead atoms. The van der Waals surface area contributed by atoms with Crippen molar-refractivity contribution in [2.24, 2.45) is 5.92 Å². The molecule has 1 aliphatic heterocycles. The van der Waals surface area contributed by atoms with Crippen LogP contribution in [0.3, 0.4) is 0 Å². The molecule has 0 saturated carbocycles. The fraction of sp³-hybridized carbons (Fsp3) is 0.889. The molecule has 0 aliphatic carbocycles. The third-order valence-corrected chi connectivity index (χ3v) is 2.66. The monoisotopic (exact) mass is 220 g/mol. The van der Waals surface area contributed by atoms with Gasteiger partial charge in [0.25, 0.3) is 0 Å². The largest absolute Gasteiger partial charge is 0.394 e. The summed E-state index contributed by atoms with van der Waals surface area (Å²) in [6.07, 6.45) is -3.92. The summed E-state index contributed by atoms with van der Waals surface area (Å²) >= 11 is 0. The smallest absolute Gasteiger partial charge is 0.175 e. The standard InChI is InChI=1S/C9H16O6/c1-4(11)6-8(13)7(12)5(3-10)15-9(6,2)14/h5-8,10,12-14H,3H2,1-2H3/t5-,6-,7-,8-,9-/m1/s1. The molecule has 1 saturated heterocycles. The summed E-state index contributed by atoms with van der Waals surface area (Å²) in [5.74, 6) is -3.57. The molecule has 6 heteroatoms. The minimum absolute atomic E-state index is 0.483. The Hall–Kier alpha value is -0.530. The van der Waals surface area contributed by atoms with Crippen molar-refractivity contribution in [1.29, 1.82) is 0 Å². The molecule has 0 amide bonds. The third kappa shape index (κ3) is 2.19. The highest BCUT2D eigenvalue weighted by Crippen LogP contribution is 2.33. The van der Waals surface area contributed by atoms with Gasteiger partial charge in [-0.2, -0.15) is 0 Å². The van der Waals surface area contributed by atoms with Gasteiger partial charge in [-0.3, -0.25) is 4.79 Å². The molecule has 0 radical (unpaired) electrons. The second kappa shape index (κ2) is 4.15. The Morgan fingerprint density at radius 2 is 1.93 bits per heavy atom. The van der Waals surface area contributed by atoms with E-state index in [1.54, 1.807) is 0 Å². The lowest BCUT2D eigenvalue weighted by Crippen LogP contribution is -2.62. The first kappa shape index (κ1) is 12.5. The second-order valence-electron chi connectivity index (χ2n) is 3.96. The van der Waals surface area contributed by atoms with Gasteiger partial charge in [0.1, 0.15) is 18.0 Å². The first-order chi connectivity index (χ1) is 6.81. The van der Waals surface area contributed by atoms with E-state index in [0.717, 1.165) is 0 Å². The molecule has 1 heterocycles. The number of rotatable bonds is 2. The molecule has 0 spiro atoms. The van der Waals surface area contributed by atoms with Crippen molar-refractivity contribution >= 4 is 5.78 Å². The molecule has 0 aromatic heterocycles. The minimum atomic E-state index is -1.88. The van der Waals surface area contributed by atoms with Crippen LogP contribution in [0.2, 0.25) is 0 Å². The molecule has 0 unspecified atom stereocenters. The van der Waals surface area contributed by atoms with Gasteiger partial charge in [0.15, 0.2) is 5.79 Å². The van der Waals surface area contributed by atoms with Gasteiger partial charge in [0, 0.05) is 0 Å². The molecule has 1 fully saturated rings. The minimum Gasteiger partial charge on any atom is -0.394 e. The SMILES string of the molecule is CC(=O)[C@@H]1[C@@H](O)[C@H](O)[C@@H](CO)O[C@@]1(C)O. The normalized spacial score (nSPS) is 46.5. The van der Waals surface area contributed by atoms with Crippen LogP contribution in [-0.4, -0.2) is 56.9 Å². The fourth-order valence-corrected chi connectivity index (χ4v) is 1.95. The highest BCUT2D eigenvalue weighted by Gasteiger charge is 2.52. The van der Waals surface area contributed by atoms with Crippen molar-refractivity contribution in [2.45, 2.75) is 37.9 Å². The highest BCUT2D eigenvalue weighted by molar-refractivity contribution is 5.80. The zero-order chi connectivity index (χ0) is 11.8. The molecule has 5 atom stereocenters. The number of aliphatic hydroxyl groups is 4. The van der Waals surface area contributed by atoms with Gasteiger partial charge in [-0.05, 0) is 13.8 Å². The van der Waals surface area contributed by atoms with Crippen LogP contribution in [-0.2, 0) is 9.53 Å². The molecule has 4 N–H and O–H groups in total. The van der Waals surface area contributed by atoms with Gasteiger partial charge in [-0.1, -0.05) is 0 Å². The highest BCUT2D eigenvalue weighted by atomic mass is 16.6. The Balaban J connectivity index is 2.96. The van der Waals surface area contributed by atoms with E-state index >= 15 is 0 Å². The first-order valence-corrected chi connectivity index (χ1v) is 4.69. The maximum absolute atomic E-state index is 11.2. The zero-order valence-corrected chi connectivity index (χ0v) is 8.62. The maximum Gasteiger partial charge on any atom is 0.175 e. The van der Waals surface area contributed by atoms with Crippen molar-refractivity contribution in [3.8, 4) is 0 Å². The summed E-state index contributed by atoms with van der Waals surface area (Å²) in [6, 6.07) is 0. The Bertz CT molecular complexity index is 251. The van der Waals surface area contributed by atoms with E-state index in [1.165, 1.54) is 13.8 Å². The van der Waals surface area contributed by atoms with Crippen molar-refractivity contribution in [1.82, 2.24) is 0 Å². The summed E-state index contributed by atoms with van der Waals surface area (Å²) in [5, 5.41) is 37.7. The van der Waals surface area contributed by atoms with E-state index in [9.17, 15) is 20.1 Å². The average Bonchev–Trinajstić information content (AvgIpc) is 2.10. The summed E-state index contributed by atoms with van der Waals surface area (Å²) in [5.41, 5.74) is 0. The molecule has 15 heavy (non-hydrogen) atoms. The number of Topliss-reactive ketones (excluding diaryl/α,β-unsaturated/α-hetero) is 1. The van der Waals surface area contributed by atoms with Crippen LogP contribution < -0.4 is 0 Å². The predicted octanol–water partition coefficient (Wildman–Crippen LogP) is -1.99. The van der Waals surface area contributed by atoms with Crippen LogP contribution in [0.15, 0.2) is 0 Å². The molecule has 1 aliphatic rings. The van der Waals surface area contributed by atoms with Crippen molar-refractivity contribution in [3.05, 3.63) is 0 Å². The van der Waals surface area contributed by atoms with Crippen LogP contribution >= 0.6 is 0 Å². The van der Waals surface area contributed by atoms with Gasteiger partial charge in [0.05, 0.1) is 18.6 Å². The lowest BCUT2D eigenvalue weighted by molar-refractivity contribution is -0.318. The summed E-state index contributed by atoms with van der Waals surface area (Å²) < 4.78 is 4.95. The van der Waals surface area contributed by atoms with Crippen LogP contribution in [0, 0.1) is 5.92 Å². The Morgan fingerprint density at radius 1 is 1.40 bits per heavy atom. The lowest BCUT2D eigenvalue weighted by Gasteiger charge is -2.44. The topological polar surface area (TPSA) is 107 Å². The van der Waals surface area contributed by atoms with Gasteiger partial charge < -0.3 is 25.2 Å². The van der Waals surface area contributed by atoms with Gasteiger partial charge in [0.2, 0.25) is 0 Å². The van der Waals surface area contributed by atoms with Gasteiger partial charge >= 0.3 is 0 Å². The van der Waals surface area contributed by atoms with E-state index in [0.29, 0.717) is 0 Å². The van der Waals surface area contributed by atoms with Crippen LogP contribution in [0.4, 0.5) is 0 Å². The molecule has 88 valence electrons. The van der Waals surface area contributed by atoms with Crippen LogP contribution in [0.1, 0.15) is 13.8 Å². The number of aliphatic hydroxyl groups excluding tert-OH is 3. The average molecular weight is 220 g/mol. The summed E-state index contributed by atoms with van der Waals surface area (Å²) in [6.45, 7) is 1.87. The summed E-state index contributed by atoms with van der Waals surface area (Å²) in [7, 11) is 0. The van der Waals surface area contributed by atoms with E-state index in [1.807, 2.05) is 0 Å². The van der Waals surface area contributed by atoms with Gasteiger partial charge in [-0.25, -0.2) is 0 Å². The quantitative estimate of drug-likeness (QED) is 0.429. The van der Waals surface area contributed by atoms with Crippen molar-refractivity contribution < 1.29 is 30.0 Å². The van der Waals surface area contributed by atoms with Crippen molar-refractivity contribution in [3.63, 3.8) is 0 Å². The molecule has 1 rings (SSSR count). The fourth-order valence-electron chi connectivity index (χ4n) is 1.95.